The summed E-state index contributed by atoms with van der Waals surface area (Å²) >= 11 is 0. The Morgan fingerprint density at radius 2 is 1.62 bits per heavy atom. The number of hydrogen-bond acceptors (Lipinski definition) is 2. The van der Waals surface area contributed by atoms with E-state index in [0.29, 0.717) is 5.69 Å². The van der Waals surface area contributed by atoms with Crippen molar-refractivity contribution in [2.75, 3.05) is 11.0 Å². The van der Waals surface area contributed by atoms with Crippen LogP contribution in [0, 0.1) is 12.7 Å². The second-order valence-electron chi connectivity index (χ2n) is 7.52. The zero-order valence-corrected chi connectivity index (χ0v) is 17.2. The Morgan fingerprint density at radius 3 is 2.34 bits per heavy atom. The minimum Gasteiger partial charge on any atom is -0.284 e. The van der Waals surface area contributed by atoms with Gasteiger partial charge in [-0.2, -0.15) is 0 Å². The van der Waals surface area contributed by atoms with E-state index in [0.717, 1.165) is 46.9 Å². The summed E-state index contributed by atoms with van der Waals surface area (Å²) in [7, 11) is -3.35. The minimum atomic E-state index is -3.35. The van der Waals surface area contributed by atoms with Crippen molar-refractivity contribution in [2.24, 2.45) is 0 Å². The first-order chi connectivity index (χ1) is 13.8. The van der Waals surface area contributed by atoms with Crippen LogP contribution in [0.3, 0.4) is 0 Å². The molecule has 148 valence electrons. The molecule has 1 aliphatic rings. The van der Waals surface area contributed by atoms with Gasteiger partial charge in [0.15, 0.2) is 0 Å². The molecule has 5 heteroatoms. The van der Waals surface area contributed by atoms with Gasteiger partial charge in [0.25, 0.3) is 0 Å². The summed E-state index contributed by atoms with van der Waals surface area (Å²) in [6.07, 6.45) is 4.80. The molecule has 0 atom stereocenters. The molecule has 29 heavy (non-hydrogen) atoms. The number of aryl methyl sites for hydroxylation is 3. The van der Waals surface area contributed by atoms with E-state index < -0.39 is 10.0 Å². The van der Waals surface area contributed by atoms with Crippen LogP contribution >= 0.6 is 0 Å². The lowest BCUT2D eigenvalue weighted by atomic mass is 9.91. The molecule has 0 fully saturated rings. The zero-order valence-electron chi connectivity index (χ0n) is 16.4. The van der Waals surface area contributed by atoms with Gasteiger partial charge in [-0.1, -0.05) is 42.0 Å². The highest BCUT2D eigenvalue weighted by atomic mass is 32.2. The van der Waals surface area contributed by atoms with Gasteiger partial charge in [0.05, 0.1) is 6.26 Å². The Hall–Kier alpha value is -2.92. The molecule has 1 aliphatic carbocycles. The third-order valence-corrected chi connectivity index (χ3v) is 5.68. The number of hydrogen-bond donors (Lipinski definition) is 1. The Bertz CT molecular complexity index is 1170. The van der Waals surface area contributed by atoms with Crippen LogP contribution in [0.5, 0.6) is 0 Å². The predicted molar refractivity (Wildman–Crippen MR) is 117 cm³/mol. The molecule has 0 heterocycles. The molecule has 3 aromatic carbocycles. The van der Waals surface area contributed by atoms with E-state index in [2.05, 4.69) is 29.8 Å². The minimum absolute atomic E-state index is 0.232. The van der Waals surface area contributed by atoms with E-state index in [1.54, 1.807) is 18.2 Å². The zero-order chi connectivity index (χ0) is 20.6. The van der Waals surface area contributed by atoms with Crippen LogP contribution in [0.25, 0.3) is 11.6 Å². The van der Waals surface area contributed by atoms with Crippen molar-refractivity contribution in [3.05, 3.63) is 99.9 Å². The molecule has 0 aromatic heterocycles. The summed E-state index contributed by atoms with van der Waals surface area (Å²) in [6.45, 7) is 2.07. The lowest BCUT2D eigenvalue weighted by Crippen LogP contribution is -2.09. The maximum absolute atomic E-state index is 13.9. The fourth-order valence-corrected chi connectivity index (χ4v) is 4.42. The van der Waals surface area contributed by atoms with Crippen LogP contribution < -0.4 is 4.72 Å². The highest BCUT2D eigenvalue weighted by Crippen LogP contribution is 2.36. The second-order valence-corrected chi connectivity index (χ2v) is 9.27. The van der Waals surface area contributed by atoms with Crippen LogP contribution in [0.1, 0.15) is 33.4 Å². The van der Waals surface area contributed by atoms with Gasteiger partial charge >= 0.3 is 0 Å². The van der Waals surface area contributed by atoms with Crippen LogP contribution in [-0.4, -0.2) is 14.7 Å². The van der Waals surface area contributed by atoms with Crippen molar-refractivity contribution in [1.82, 2.24) is 0 Å². The SMILES string of the molecule is Cc1ccc2c(c1)CCc1cc(F)ccc1/C2=C\c1cccc(NS(C)(=O)=O)c1. The Balaban J connectivity index is 1.89. The average Bonchev–Trinajstić information content (AvgIpc) is 2.77. The second kappa shape index (κ2) is 7.48. The fourth-order valence-electron chi connectivity index (χ4n) is 3.87. The number of rotatable bonds is 3. The van der Waals surface area contributed by atoms with Crippen molar-refractivity contribution < 1.29 is 12.8 Å². The molecule has 0 saturated heterocycles. The topological polar surface area (TPSA) is 46.2 Å². The molecule has 0 aliphatic heterocycles. The lowest BCUT2D eigenvalue weighted by Gasteiger charge is -2.13. The standard InChI is InChI=1S/C24H22FNO2S/c1-16-6-10-22-18(12-16)7-8-19-15-20(25)9-11-23(19)24(22)14-17-4-3-5-21(13-17)26-29(2,27)28/h3-6,9-15,26H,7-8H2,1-2H3/b24-14-. The third kappa shape index (κ3) is 4.40. The van der Waals surface area contributed by atoms with Gasteiger partial charge in [-0.05, 0) is 83.5 Å². The van der Waals surface area contributed by atoms with E-state index in [9.17, 15) is 12.8 Å². The molecule has 0 spiro atoms. The molecular formula is C24H22FNO2S. The van der Waals surface area contributed by atoms with Gasteiger partial charge in [-0.25, -0.2) is 12.8 Å². The van der Waals surface area contributed by atoms with Crippen LogP contribution in [0.4, 0.5) is 10.1 Å². The Morgan fingerprint density at radius 1 is 0.931 bits per heavy atom. The van der Waals surface area contributed by atoms with Crippen LogP contribution in [0.2, 0.25) is 0 Å². The first-order valence-corrected chi connectivity index (χ1v) is 11.4. The summed E-state index contributed by atoms with van der Waals surface area (Å²) in [6, 6.07) is 18.6. The molecule has 1 N–H and O–H groups in total. The van der Waals surface area contributed by atoms with Gasteiger partial charge in [-0.3, -0.25) is 4.72 Å². The van der Waals surface area contributed by atoms with E-state index >= 15 is 0 Å². The maximum atomic E-state index is 13.9. The first-order valence-electron chi connectivity index (χ1n) is 9.47. The smallest absolute Gasteiger partial charge is 0.229 e. The number of halogens is 1. The summed E-state index contributed by atoms with van der Waals surface area (Å²) in [5, 5.41) is 0. The van der Waals surface area contributed by atoms with Crippen molar-refractivity contribution >= 4 is 27.4 Å². The number of nitrogens with one attached hydrogen (secondary N) is 1. The lowest BCUT2D eigenvalue weighted by molar-refractivity contribution is 0.607. The van der Waals surface area contributed by atoms with E-state index in [4.69, 9.17) is 0 Å². The van der Waals surface area contributed by atoms with Crippen molar-refractivity contribution in [3.63, 3.8) is 0 Å². The molecule has 3 aromatic rings. The van der Waals surface area contributed by atoms with Gasteiger partial charge < -0.3 is 0 Å². The number of benzene rings is 3. The molecule has 4 rings (SSSR count). The largest absolute Gasteiger partial charge is 0.284 e. The maximum Gasteiger partial charge on any atom is 0.229 e. The van der Waals surface area contributed by atoms with Gasteiger partial charge in [-0.15, -0.1) is 0 Å². The third-order valence-electron chi connectivity index (χ3n) is 5.07. The molecule has 0 radical (unpaired) electrons. The predicted octanol–water partition coefficient (Wildman–Crippen LogP) is 5.19. The summed E-state index contributed by atoms with van der Waals surface area (Å²) in [5.74, 6) is -0.232. The number of anilines is 1. The Kier molecular flexibility index (Phi) is 5.01. The average molecular weight is 408 g/mol. The van der Waals surface area contributed by atoms with E-state index in [1.807, 2.05) is 24.3 Å². The normalized spacial score (nSPS) is 14.8. The molecular weight excluding hydrogens is 385 g/mol. The van der Waals surface area contributed by atoms with Gasteiger partial charge in [0.2, 0.25) is 10.0 Å². The fraction of sp³-hybridized carbons (Fsp3) is 0.167. The molecule has 0 bridgehead atoms. The number of fused-ring (bicyclic) bond motifs is 2. The summed E-state index contributed by atoms with van der Waals surface area (Å²) < 4.78 is 39.6. The van der Waals surface area contributed by atoms with E-state index in [1.165, 1.54) is 17.2 Å². The van der Waals surface area contributed by atoms with Crippen molar-refractivity contribution in [2.45, 2.75) is 19.8 Å². The van der Waals surface area contributed by atoms with Crippen molar-refractivity contribution in [3.8, 4) is 0 Å². The first kappa shape index (κ1) is 19.4. The summed E-state index contributed by atoms with van der Waals surface area (Å²) in [5.41, 5.74) is 7.95. The van der Waals surface area contributed by atoms with Crippen molar-refractivity contribution in [1.29, 1.82) is 0 Å². The Labute approximate surface area is 171 Å². The molecule has 0 saturated carbocycles. The van der Waals surface area contributed by atoms with E-state index in [-0.39, 0.29) is 5.82 Å². The molecule has 3 nitrogen and oxygen atoms in total. The van der Waals surface area contributed by atoms with Gasteiger partial charge in [0, 0.05) is 5.69 Å². The highest BCUT2D eigenvalue weighted by Gasteiger charge is 2.19. The molecule has 0 amide bonds. The highest BCUT2D eigenvalue weighted by molar-refractivity contribution is 7.92. The van der Waals surface area contributed by atoms with Gasteiger partial charge in [0.1, 0.15) is 5.82 Å². The monoisotopic (exact) mass is 407 g/mol. The van der Waals surface area contributed by atoms with Crippen LogP contribution in [-0.2, 0) is 22.9 Å². The molecule has 0 unspecified atom stereocenters. The summed E-state index contributed by atoms with van der Waals surface area (Å²) in [4.78, 5) is 0. The van der Waals surface area contributed by atoms with Crippen LogP contribution in [0.15, 0.2) is 60.7 Å². The quantitative estimate of drug-likeness (QED) is 0.649. The number of sulfonamides is 1.